The molecule has 0 amide bonds. The first-order valence-electron chi connectivity index (χ1n) is 0.532. The van der Waals surface area contributed by atoms with Crippen LogP contribution in [-0.2, 0) is 3.83 Å². The maximum atomic E-state index is 8.76. The van der Waals surface area contributed by atoms with Crippen LogP contribution in [0.4, 0.5) is 0 Å². The van der Waals surface area contributed by atoms with Crippen LogP contribution in [0.1, 0.15) is 0 Å². The summed E-state index contributed by atoms with van der Waals surface area (Å²) < 4.78 is 23.1. The maximum absolute atomic E-state index is 8.76. The molecule has 0 aromatic rings. The molecule has 0 heterocycles. The normalized spacial score (nSPS) is 7.00. The molecule has 0 rings (SSSR count). The van der Waals surface area contributed by atoms with Crippen LogP contribution in [0.15, 0.2) is 0 Å². The SMILES string of the molecule is O=[Se](O)O.[Pr]. The van der Waals surface area contributed by atoms with Gasteiger partial charge < -0.3 is 0 Å². The van der Waals surface area contributed by atoms with Gasteiger partial charge in [0.05, 0.1) is 0 Å². The molecule has 0 aromatic heterocycles. The second-order valence-corrected chi connectivity index (χ2v) is 1.20. The summed E-state index contributed by atoms with van der Waals surface area (Å²) in [5.74, 6) is 0. The molecule has 0 saturated heterocycles. The van der Waals surface area contributed by atoms with Crippen molar-refractivity contribution in [2.75, 3.05) is 0 Å². The summed E-state index contributed by atoms with van der Waals surface area (Å²) in [5.41, 5.74) is 0. The van der Waals surface area contributed by atoms with Gasteiger partial charge in [0.15, 0.2) is 0 Å². The molecule has 0 atom stereocenters. The maximum Gasteiger partial charge on any atom is 0 e. The van der Waals surface area contributed by atoms with Crippen LogP contribution < -0.4 is 0 Å². The smallest absolute Gasteiger partial charge is 0 e. The first kappa shape index (κ1) is 9.78. The van der Waals surface area contributed by atoms with Crippen LogP contribution in [0, 0.1) is 41.3 Å². The van der Waals surface area contributed by atoms with Crippen molar-refractivity contribution in [2.45, 2.75) is 0 Å². The number of hydrogen-bond donors (Lipinski definition) is 2. The molecule has 0 spiro atoms. The molecule has 0 bridgehead atoms. The summed E-state index contributed by atoms with van der Waals surface area (Å²) in [7, 11) is 0. The molecule has 1 radical (unpaired) electrons. The molecule has 2 N–H and O–H groups in total. The molecule has 3 nitrogen and oxygen atoms in total. The Labute approximate surface area is 67.1 Å². The first-order chi connectivity index (χ1) is 1.73. The second-order valence-electron chi connectivity index (χ2n) is 0.231. The van der Waals surface area contributed by atoms with E-state index in [0.717, 1.165) is 0 Å². The van der Waals surface area contributed by atoms with E-state index in [4.69, 9.17) is 12.2 Å². The molecular weight excluding hydrogens is 268 g/mol. The third-order valence-electron chi connectivity index (χ3n) is 0. The Balaban J connectivity index is 0. The fourth-order valence-electron chi connectivity index (χ4n) is 0. The van der Waals surface area contributed by atoms with Crippen molar-refractivity contribution in [1.29, 1.82) is 0 Å². The third kappa shape index (κ3) is 28.3. The predicted octanol–water partition coefficient (Wildman–Crippen LogP) is -1.61. The topological polar surface area (TPSA) is 57.5 Å². The summed E-state index contributed by atoms with van der Waals surface area (Å²) >= 11 is -3.29. The molecule has 29 valence electrons. The van der Waals surface area contributed by atoms with Crippen molar-refractivity contribution in [3.63, 3.8) is 0 Å². The minimum atomic E-state index is -3.29. The van der Waals surface area contributed by atoms with Gasteiger partial charge in [0, 0.05) is 41.3 Å². The summed E-state index contributed by atoms with van der Waals surface area (Å²) in [6.45, 7) is 0. The monoisotopic (exact) mass is 271 g/mol. The zero-order chi connectivity index (χ0) is 3.58. The summed E-state index contributed by atoms with van der Waals surface area (Å²) in [4.78, 5) is 0. The molecule has 0 saturated carbocycles. The Hall–Kier alpha value is 1.60. The number of rotatable bonds is 0. The number of hydrogen-bond acceptors (Lipinski definition) is 1. The van der Waals surface area contributed by atoms with Crippen LogP contribution in [0.5, 0.6) is 0 Å². The molecule has 0 fully saturated rings. The molecule has 0 aliphatic heterocycles. The van der Waals surface area contributed by atoms with E-state index in [1.165, 1.54) is 0 Å². The van der Waals surface area contributed by atoms with E-state index >= 15 is 0 Å². The third-order valence-corrected chi connectivity index (χ3v) is 0. The first-order valence-corrected chi connectivity index (χ1v) is 2.76. The Kier molecular flexibility index (Phi) is 11.0. The van der Waals surface area contributed by atoms with Gasteiger partial charge in [-0.3, -0.25) is 0 Å². The molecule has 5 heteroatoms. The molecule has 0 aliphatic rings. The standard InChI is InChI=1S/H2O3Se.Pr/c1-4(2)3;/h(H2,1,2,3);. The van der Waals surface area contributed by atoms with Crippen molar-refractivity contribution in [2.24, 2.45) is 0 Å². The average molecular weight is 270 g/mol. The Bertz CT molecular complexity index is 29.9. The summed E-state index contributed by atoms with van der Waals surface area (Å²) in [6, 6.07) is 0. The Morgan fingerprint density at radius 3 is 1.40 bits per heavy atom. The Morgan fingerprint density at radius 1 is 1.40 bits per heavy atom. The quantitative estimate of drug-likeness (QED) is 0.520. The minimum absolute atomic E-state index is 0. The van der Waals surface area contributed by atoms with E-state index in [-0.39, 0.29) is 41.3 Å². The van der Waals surface area contributed by atoms with E-state index in [2.05, 4.69) is 0 Å². The van der Waals surface area contributed by atoms with E-state index in [9.17, 15) is 0 Å². The van der Waals surface area contributed by atoms with Crippen molar-refractivity contribution in [1.82, 2.24) is 0 Å². The second kappa shape index (κ2) is 5.60. The van der Waals surface area contributed by atoms with Gasteiger partial charge in [-0.05, 0) is 0 Å². The van der Waals surface area contributed by atoms with Gasteiger partial charge in [0.25, 0.3) is 0 Å². The van der Waals surface area contributed by atoms with E-state index in [1.807, 2.05) is 0 Å². The zero-order valence-electron chi connectivity index (χ0n) is 2.29. The van der Waals surface area contributed by atoms with Gasteiger partial charge in [0.1, 0.15) is 0 Å². The largest absolute Gasteiger partial charge is 0 e. The van der Waals surface area contributed by atoms with Crippen LogP contribution in [-0.4, -0.2) is 22.9 Å². The molecule has 0 aliphatic carbocycles. The van der Waals surface area contributed by atoms with Gasteiger partial charge >= 0.3 is 26.7 Å². The van der Waals surface area contributed by atoms with Crippen molar-refractivity contribution >= 4 is 14.5 Å². The van der Waals surface area contributed by atoms with Gasteiger partial charge in [-0.1, -0.05) is 0 Å². The minimum Gasteiger partial charge on any atom is 0 e. The van der Waals surface area contributed by atoms with E-state index < -0.39 is 14.5 Å². The van der Waals surface area contributed by atoms with Crippen LogP contribution in [0.2, 0.25) is 0 Å². The van der Waals surface area contributed by atoms with E-state index in [1.54, 1.807) is 0 Å². The predicted molar refractivity (Wildman–Crippen MR) is 10.9 cm³/mol. The van der Waals surface area contributed by atoms with Gasteiger partial charge in [-0.2, -0.15) is 0 Å². The van der Waals surface area contributed by atoms with Crippen molar-refractivity contribution < 1.29 is 53.5 Å². The van der Waals surface area contributed by atoms with Gasteiger partial charge in [-0.25, -0.2) is 0 Å². The van der Waals surface area contributed by atoms with Crippen molar-refractivity contribution in [3.8, 4) is 0 Å². The van der Waals surface area contributed by atoms with E-state index in [0.29, 0.717) is 0 Å². The van der Waals surface area contributed by atoms with Crippen molar-refractivity contribution in [3.05, 3.63) is 0 Å². The van der Waals surface area contributed by atoms with Gasteiger partial charge in [0.2, 0.25) is 0 Å². The average Bonchev–Trinajstić information content (AvgIpc) is 0.811. The van der Waals surface area contributed by atoms with Crippen LogP contribution >= 0.6 is 0 Å². The summed E-state index contributed by atoms with van der Waals surface area (Å²) in [6.07, 6.45) is 0. The molecule has 0 unspecified atom stereocenters. The van der Waals surface area contributed by atoms with Gasteiger partial charge in [-0.15, -0.1) is 0 Å². The molecule has 0 aromatic carbocycles. The fraction of sp³-hybridized carbons (Fsp3) is 0. The zero-order valence-corrected chi connectivity index (χ0v) is 7.71. The van der Waals surface area contributed by atoms with Crippen LogP contribution in [0.3, 0.4) is 0 Å². The fourth-order valence-corrected chi connectivity index (χ4v) is 0. The van der Waals surface area contributed by atoms with Crippen LogP contribution in [0.25, 0.3) is 0 Å². The molecular formula is H2O3PrSe. The Morgan fingerprint density at radius 2 is 1.40 bits per heavy atom. The summed E-state index contributed by atoms with van der Waals surface area (Å²) in [5, 5.41) is 0. The molecule has 5 heavy (non-hydrogen) atoms.